The lowest BCUT2D eigenvalue weighted by Gasteiger charge is -2.39. The zero-order chi connectivity index (χ0) is 33.8. The largest absolute Gasteiger partial charge is 0.476 e. The van der Waals surface area contributed by atoms with Crippen molar-refractivity contribution in [1.29, 1.82) is 5.26 Å². The molecule has 2 amide bonds. The average molecular weight is 675 g/mol. The minimum Gasteiger partial charge on any atom is -0.476 e. The van der Waals surface area contributed by atoms with E-state index in [-0.39, 0.29) is 29.2 Å². The van der Waals surface area contributed by atoms with Crippen LogP contribution in [0.5, 0.6) is 5.75 Å². The zero-order valence-corrected chi connectivity index (χ0v) is 26.7. The van der Waals surface area contributed by atoms with Crippen LogP contribution in [-0.4, -0.2) is 94.4 Å². The van der Waals surface area contributed by atoms with E-state index < -0.39 is 17.8 Å². The van der Waals surface area contributed by atoms with Crippen molar-refractivity contribution in [2.24, 2.45) is 5.92 Å². The number of fused-ring (bicyclic) bond motifs is 1. The molecule has 0 bridgehead atoms. The molecule has 2 aromatic carbocycles. The highest BCUT2D eigenvalue weighted by Crippen LogP contribution is 2.36. The Morgan fingerprint density at radius 3 is 2.73 bits per heavy atom. The second-order valence-corrected chi connectivity index (χ2v) is 11.8. The SMILES string of the molecule is Cc1cc(Nc2nccn3c(-c4ccc(OCC#N)c(F)c4Cl)cnc23)ccc1C(=O)N1CCN(C(=O)[C@@H]2CCNC[C@H]2OC=O)CC1. The fourth-order valence-electron chi connectivity index (χ4n) is 6.14. The normalized spacial score (nSPS) is 17.9. The van der Waals surface area contributed by atoms with Crippen molar-refractivity contribution >= 4 is 47.0 Å². The number of aromatic nitrogens is 3. The summed E-state index contributed by atoms with van der Waals surface area (Å²) in [6.45, 7) is 4.65. The van der Waals surface area contributed by atoms with Crippen LogP contribution in [0.1, 0.15) is 22.3 Å². The van der Waals surface area contributed by atoms with Gasteiger partial charge in [-0.15, -0.1) is 0 Å². The number of anilines is 2. The first-order chi connectivity index (χ1) is 23.3. The van der Waals surface area contributed by atoms with E-state index in [0.717, 1.165) is 5.56 Å². The molecule has 2 aliphatic rings. The zero-order valence-electron chi connectivity index (χ0n) is 26.0. The molecule has 0 saturated carbocycles. The van der Waals surface area contributed by atoms with Gasteiger partial charge in [0.1, 0.15) is 12.2 Å². The van der Waals surface area contributed by atoms with Gasteiger partial charge in [0.15, 0.2) is 29.6 Å². The van der Waals surface area contributed by atoms with E-state index in [0.29, 0.717) is 86.1 Å². The molecule has 248 valence electrons. The third kappa shape index (κ3) is 6.47. The topological polar surface area (TPSA) is 154 Å². The minimum atomic E-state index is -0.774. The van der Waals surface area contributed by atoms with Crippen LogP contribution < -0.4 is 15.4 Å². The third-order valence-electron chi connectivity index (χ3n) is 8.62. The number of amides is 2. The van der Waals surface area contributed by atoms with Crippen molar-refractivity contribution in [3.8, 4) is 23.1 Å². The molecule has 15 heteroatoms. The van der Waals surface area contributed by atoms with Gasteiger partial charge in [-0.05, 0) is 55.8 Å². The van der Waals surface area contributed by atoms with Gasteiger partial charge in [0.2, 0.25) is 5.91 Å². The number of imidazole rings is 1. The summed E-state index contributed by atoms with van der Waals surface area (Å²) in [6, 6.07) is 10.2. The van der Waals surface area contributed by atoms with Crippen molar-refractivity contribution in [3.63, 3.8) is 0 Å². The summed E-state index contributed by atoms with van der Waals surface area (Å²) in [7, 11) is 0. The summed E-state index contributed by atoms with van der Waals surface area (Å²) in [4.78, 5) is 50.0. The molecule has 0 spiro atoms. The van der Waals surface area contributed by atoms with Gasteiger partial charge < -0.3 is 29.9 Å². The first-order valence-corrected chi connectivity index (χ1v) is 15.7. The molecule has 2 aliphatic heterocycles. The number of halogens is 2. The number of hydrogen-bond donors (Lipinski definition) is 2. The smallest absolute Gasteiger partial charge is 0.293 e. The highest BCUT2D eigenvalue weighted by Gasteiger charge is 2.36. The maximum Gasteiger partial charge on any atom is 0.293 e. The summed E-state index contributed by atoms with van der Waals surface area (Å²) in [5.41, 5.74) is 3.36. The molecule has 2 N–H and O–H groups in total. The van der Waals surface area contributed by atoms with Gasteiger partial charge >= 0.3 is 0 Å². The van der Waals surface area contributed by atoms with E-state index in [1.807, 2.05) is 13.0 Å². The molecule has 6 rings (SSSR count). The number of nitrogens with one attached hydrogen (secondary N) is 2. The highest BCUT2D eigenvalue weighted by atomic mass is 35.5. The Morgan fingerprint density at radius 1 is 1.19 bits per heavy atom. The van der Waals surface area contributed by atoms with Crippen LogP contribution in [0, 0.1) is 30.0 Å². The van der Waals surface area contributed by atoms with Crippen molar-refractivity contribution in [1.82, 2.24) is 29.5 Å². The van der Waals surface area contributed by atoms with Gasteiger partial charge in [-0.1, -0.05) is 11.6 Å². The number of carbonyl (C=O) groups is 3. The van der Waals surface area contributed by atoms with E-state index in [1.54, 1.807) is 57.1 Å². The fraction of sp³-hybridized carbons (Fsp3) is 0.333. The van der Waals surface area contributed by atoms with Gasteiger partial charge in [0.05, 0.1) is 22.8 Å². The first kappa shape index (κ1) is 32.7. The van der Waals surface area contributed by atoms with Gasteiger partial charge in [0, 0.05) is 61.9 Å². The van der Waals surface area contributed by atoms with E-state index in [9.17, 15) is 18.8 Å². The predicted octanol–water partition coefficient (Wildman–Crippen LogP) is 3.58. The highest BCUT2D eigenvalue weighted by molar-refractivity contribution is 6.33. The second-order valence-electron chi connectivity index (χ2n) is 11.4. The maximum atomic E-state index is 14.9. The fourth-order valence-corrected chi connectivity index (χ4v) is 6.39. The van der Waals surface area contributed by atoms with Crippen LogP contribution in [0.2, 0.25) is 5.02 Å². The number of piperidine rings is 1. The molecule has 2 fully saturated rings. The Bertz CT molecular complexity index is 1900. The average Bonchev–Trinajstić information content (AvgIpc) is 3.54. The predicted molar refractivity (Wildman–Crippen MR) is 173 cm³/mol. The van der Waals surface area contributed by atoms with E-state index in [2.05, 4.69) is 20.6 Å². The van der Waals surface area contributed by atoms with Crippen molar-refractivity contribution < 1.29 is 28.2 Å². The molecule has 2 atom stereocenters. The lowest BCUT2D eigenvalue weighted by atomic mass is 9.93. The van der Waals surface area contributed by atoms with Crippen LogP contribution in [0.15, 0.2) is 48.9 Å². The van der Waals surface area contributed by atoms with E-state index >= 15 is 0 Å². The Kier molecular flexibility index (Phi) is 9.70. The minimum absolute atomic E-state index is 0.0509. The number of piperazine rings is 1. The van der Waals surface area contributed by atoms with Crippen LogP contribution in [0.3, 0.4) is 0 Å². The molecule has 0 unspecified atom stereocenters. The number of benzene rings is 2. The standard InChI is InChI=1S/C33H32ClFN8O5/c1-20-16-21(2-3-22(20)32(45)41-11-13-42(14-12-41)33(46)24-6-8-37-18-27(24)48-19-44)40-30-31-39-17-25(43(31)10-9-38-30)23-4-5-26(47-15-7-36)29(35)28(23)34/h2-5,9-10,16-17,19,24,27,37H,6,8,11-15,18H2,1H3,(H,38,40)/t24-,27-/m1/s1. The summed E-state index contributed by atoms with van der Waals surface area (Å²) >= 11 is 6.35. The van der Waals surface area contributed by atoms with Crippen molar-refractivity contribution in [2.75, 3.05) is 51.2 Å². The number of nitriles is 1. The number of hydrogen-bond acceptors (Lipinski definition) is 10. The monoisotopic (exact) mass is 674 g/mol. The molecule has 2 saturated heterocycles. The molecular formula is C33H32ClFN8O5. The Labute approximate surface area is 280 Å². The summed E-state index contributed by atoms with van der Waals surface area (Å²) < 4.78 is 26.8. The Balaban J connectivity index is 1.13. The molecular weight excluding hydrogens is 643 g/mol. The lowest BCUT2D eigenvalue weighted by molar-refractivity contribution is -0.149. The number of ether oxygens (including phenoxy) is 2. The summed E-state index contributed by atoms with van der Waals surface area (Å²) in [5, 5.41) is 15.0. The molecule has 13 nitrogen and oxygen atoms in total. The molecule has 0 aliphatic carbocycles. The van der Waals surface area contributed by atoms with Gasteiger partial charge in [-0.3, -0.25) is 18.8 Å². The van der Waals surface area contributed by atoms with Crippen LogP contribution in [0.25, 0.3) is 16.9 Å². The molecule has 4 heterocycles. The van der Waals surface area contributed by atoms with Crippen LogP contribution >= 0.6 is 11.6 Å². The molecule has 0 radical (unpaired) electrons. The number of aryl methyl sites for hydroxylation is 1. The van der Waals surface area contributed by atoms with Crippen LogP contribution in [-0.2, 0) is 14.3 Å². The van der Waals surface area contributed by atoms with E-state index in [4.69, 9.17) is 26.3 Å². The van der Waals surface area contributed by atoms with Crippen LogP contribution in [0.4, 0.5) is 15.9 Å². The van der Waals surface area contributed by atoms with Gasteiger partial charge in [-0.2, -0.15) is 5.26 Å². The molecule has 4 aromatic rings. The van der Waals surface area contributed by atoms with Gasteiger partial charge in [0.25, 0.3) is 12.4 Å². The molecule has 2 aromatic heterocycles. The Morgan fingerprint density at radius 2 is 1.98 bits per heavy atom. The second kappa shape index (κ2) is 14.2. The van der Waals surface area contributed by atoms with Crippen molar-refractivity contribution in [2.45, 2.75) is 19.4 Å². The maximum absolute atomic E-state index is 14.9. The van der Waals surface area contributed by atoms with Crippen molar-refractivity contribution in [3.05, 3.63) is 70.9 Å². The first-order valence-electron chi connectivity index (χ1n) is 15.4. The molecule has 48 heavy (non-hydrogen) atoms. The third-order valence-corrected chi connectivity index (χ3v) is 8.98. The quantitative estimate of drug-likeness (QED) is 0.252. The number of carbonyl (C=O) groups excluding carboxylic acids is 3. The summed E-state index contributed by atoms with van der Waals surface area (Å²) in [5.74, 6) is -1.03. The number of rotatable bonds is 9. The lowest BCUT2D eigenvalue weighted by Crippen LogP contribution is -2.55. The van der Waals surface area contributed by atoms with Gasteiger partial charge in [-0.25, -0.2) is 14.4 Å². The Hall–Kier alpha value is -5.26. The summed E-state index contributed by atoms with van der Waals surface area (Å²) in [6.07, 6.45) is 4.91. The van der Waals surface area contributed by atoms with E-state index in [1.165, 1.54) is 6.07 Å². The number of nitrogens with zero attached hydrogens (tertiary/aromatic N) is 6.